The first-order valence-electron chi connectivity index (χ1n) is 9.38. The van der Waals surface area contributed by atoms with Gasteiger partial charge in [0.2, 0.25) is 5.95 Å². The Morgan fingerprint density at radius 3 is 2.32 bits per heavy atom. The summed E-state index contributed by atoms with van der Waals surface area (Å²) in [6.45, 7) is 3.68. The van der Waals surface area contributed by atoms with E-state index >= 15 is 0 Å². The standard InChI is InChI=1S/C22H22F3N3O3/c1-12-6-19(31-4)13(2)5-18(12)26-22-27-21(29)15(11-30-3)10-28(22)9-14-7-16(23)20(25)17(24)8-14/h5-8,10H,9,11H2,1-4H3,(H,26,27,29). The Bertz CT molecular complexity index is 1160. The quantitative estimate of drug-likeness (QED) is 0.565. The van der Waals surface area contributed by atoms with Crippen LogP contribution < -0.4 is 15.6 Å². The number of halogens is 3. The minimum absolute atomic E-state index is 0.0128. The molecule has 3 rings (SSSR count). The molecule has 0 aliphatic heterocycles. The van der Waals surface area contributed by atoms with Gasteiger partial charge in [0.1, 0.15) is 5.75 Å². The van der Waals surface area contributed by atoms with Crippen LogP contribution in [0.3, 0.4) is 0 Å². The third kappa shape index (κ3) is 4.88. The molecule has 9 heteroatoms. The zero-order chi connectivity index (χ0) is 22.7. The van der Waals surface area contributed by atoms with E-state index in [-0.39, 0.29) is 30.2 Å². The molecule has 31 heavy (non-hydrogen) atoms. The number of methoxy groups -OCH3 is 2. The van der Waals surface area contributed by atoms with Gasteiger partial charge >= 0.3 is 0 Å². The molecular weight excluding hydrogens is 411 g/mol. The van der Waals surface area contributed by atoms with Crippen LogP contribution in [0.1, 0.15) is 22.3 Å². The highest BCUT2D eigenvalue weighted by atomic mass is 19.2. The summed E-state index contributed by atoms with van der Waals surface area (Å²) in [4.78, 5) is 16.5. The molecule has 0 saturated heterocycles. The van der Waals surface area contributed by atoms with E-state index < -0.39 is 23.0 Å². The summed E-state index contributed by atoms with van der Waals surface area (Å²) in [5.41, 5.74) is 2.30. The van der Waals surface area contributed by atoms with Crippen LogP contribution in [0.25, 0.3) is 0 Å². The molecule has 164 valence electrons. The zero-order valence-corrected chi connectivity index (χ0v) is 17.6. The first-order valence-corrected chi connectivity index (χ1v) is 9.38. The van der Waals surface area contributed by atoms with Crippen molar-refractivity contribution in [2.75, 3.05) is 19.5 Å². The monoisotopic (exact) mass is 433 g/mol. The van der Waals surface area contributed by atoms with Gasteiger partial charge in [0.15, 0.2) is 17.5 Å². The minimum atomic E-state index is -1.54. The number of aromatic nitrogens is 2. The van der Waals surface area contributed by atoms with Crippen molar-refractivity contribution in [3.05, 3.63) is 80.5 Å². The highest BCUT2D eigenvalue weighted by Crippen LogP contribution is 2.28. The van der Waals surface area contributed by atoms with E-state index in [9.17, 15) is 18.0 Å². The summed E-state index contributed by atoms with van der Waals surface area (Å²) in [5.74, 6) is -3.26. The van der Waals surface area contributed by atoms with Crippen LogP contribution in [0, 0.1) is 31.3 Å². The van der Waals surface area contributed by atoms with E-state index in [0.29, 0.717) is 11.4 Å². The number of nitrogens with one attached hydrogen (secondary N) is 1. The molecule has 1 heterocycles. The first-order chi connectivity index (χ1) is 14.7. The van der Waals surface area contributed by atoms with Crippen LogP contribution in [-0.2, 0) is 17.9 Å². The summed E-state index contributed by atoms with van der Waals surface area (Å²) >= 11 is 0. The minimum Gasteiger partial charge on any atom is -0.496 e. The maximum Gasteiger partial charge on any atom is 0.279 e. The van der Waals surface area contributed by atoms with Gasteiger partial charge in [-0.05, 0) is 54.8 Å². The molecule has 0 bridgehead atoms. The van der Waals surface area contributed by atoms with Crippen LogP contribution in [0.5, 0.6) is 5.75 Å². The summed E-state index contributed by atoms with van der Waals surface area (Å²) in [7, 11) is 3.01. The fourth-order valence-electron chi connectivity index (χ4n) is 3.17. The maximum absolute atomic E-state index is 13.7. The molecule has 0 aliphatic carbocycles. The lowest BCUT2D eigenvalue weighted by Gasteiger charge is -2.18. The number of nitrogens with zero attached hydrogens (tertiary/aromatic N) is 2. The van der Waals surface area contributed by atoms with Gasteiger partial charge in [0, 0.05) is 19.0 Å². The molecule has 0 amide bonds. The Hall–Kier alpha value is -3.33. The molecule has 0 radical (unpaired) electrons. The van der Waals surface area contributed by atoms with Gasteiger partial charge in [0.25, 0.3) is 5.56 Å². The highest BCUT2D eigenvalue weighted by Gasteiger charge is 2.15. The van der Waals surface area contributed by atoms with Crippen molar-refractivity contribution in [1.82, 2.24) is 9.55 Å². The molecule has 2 aromatic carbocycles. The molecule has 0 unspecified atom stereocenters. The van der Waals surface area contributed by atoms with Gasteiger partial charge in [-0.15, -0.1) is 0 Å². The number of benzene rings is 2. The SMILES string of the molecule is COCc1cn(Cc2cc(F)c(F)c(F)c2)c(Nc2cc(C)c(OC)cc2C)nc1=O. The molecule has 0 aliphatic rings. The summed E-state index contributed by atoms with van der Waals surface area (Å²) in [5, 5.41) is 3.10. The Kier molecular flexibility index (Phi) is 6.65. The lowest BCUT2D eigenvalue weighted by Crippen LogP contribution is -2.21. The lowest BCUT2D eigenvalue weighted by atomic mass is 10.1. The van der Waals surface area contributed by atoms with Crippen LogP contribution in [0.2, 0.25) is 0 Å². The van der Waals surface area contributed by atoms with Gasteiger partial charge in [-0.2, -0.15) is 4.98 Å². The van der Waals surface area contributed by atoms with E-state index in [0.717, 1.165) is 23.3 Å². The van der Waals surface area contributed by atoms with Gasteiger partial charge in [0.05, 0.1) is 25.8 Å². The van der Waals surface area contributed by atoms with Gasteiger partial charge in [-0.25, -0.2) is 13.2 Å². The van der Waals surface area contributed by atoms with Gasteiger partial charge in [-0.3, -0.25) is 4.79 Å². The number of hydrogen-bond donors (Lipinski definition) is 1. The molecule has 3 aromatic rings. The Balaban J connectivity index is 2.07. The van der Waals surface area contributed by atoms with E-state index in [1.54, 1.807) is 7.11 Å². The number of ether oxygens (including phenoxy) is 2. The highest BCUT2D eigenvalue weighted by molar-refractivity contribution is 5.62. The number of rotatable bonds is 7. The Morgan fingerprint density at radius 2 is 1.71 bits per heavy atom. The average molecular weight is 433 g/mol. The van der Waals surface area contributed by atoms with Crippen molar-refractivity contribution in [1.29, 1.82) is 0 Å². The van der Waals surface area contributed by atoms with Crippen LogP contribution in [-0.4, -0.2) is 23.8 Å². The summed E-state index contributed by atoms with van der Waals surface area (Å²) < 4.78 is 52.6. The van der Waals surface area contributed by atoms with E-state index in [1.807, 2.05) is 26.0 Å². The third-order valence-electron chi connectivity index (χ3n) is 4.75. The predicted octanol–water partition coefficient (Wildman–Crippen LogP) is 4.22. The number of aryl methyl sites for hydroxylation is 2. The summed E-state index contributed by atoms with van der Waals surface area (Å²) in [6, 6.07) is 5.48. The Labute approximate surface area is 177 Å². The maximum atomic E-state index is 13.7. The second-order valence-electron chi connectivity index (χ2n) is 7.09. The van der Waals surface area contributed by atoms with Crippen molar-refractivity contribution in [2.24, 2.45) is 0 Å². The molecule has 6 nitrogen and oxygen atoms in total. The van der Waals surface area contributed by atoms with Gasteiger partial charge in [-0.1, -0.05) is 0 Å². The smallest absolute Gasteiger partial charge is 0.279 e. The van der Waals surface area contributed by atoms with Crippen LogP contribution in [0.4, 0.5) is 24.8 Å². The van der Waals surface area contributed by atoms with E-state index in [2.05, 4.69) is 10.3 Å². The van der Waals surface area contributed by atoms with Crippen LogP contribution >= 0.6 is 0 Å². The second kappa shape index (κ2) is 9.22. The van der Waals surface area contributed by atoms with Crippen molar-refractivity contribution >= 4 is 11.6 Å². The molecule has 0 spiro atoms. The van der Waals surface area contributed by atoms with Crippen molar-refractivity contribution in [3.63, 3.8) is 0 Å². The normalized spacial score (nSPS) is 10.9. The van der Waals surface area contributed by atoms with Crippen molar-refractivity contribution in [3.8, 4) is 5.75 Å². The molecular formula is C22H22F3N3O3. The van der Waals surface area contributed by atoms with Gasteiger partial charge < -0.3 is 19.4 Å². The van der Waals surface area contributed by atoms with E-state index in [4.69, 9.17) is 9.47 Å². The molecule has 1 aromatic heterocycles. The van der Waals surface area contributed by atoms with E-state index in [1.165, 1.54) is 17.9 Å². The largest absolute Gasteiger partial charge is 0.496 e. The number of anilines is 2. The summed E-state index contributed by atoms with van der Waals surface area (Å²) in [6.07, 6.45) is 1.49. The van der Waals surface area contributed by atoms with Crippen molar-refractivity contribution in [2.45, 2.75) is 27.0 Å². The lowest BCUT2D eigenvalue weighted by molar-refractivity contribution is 0.183. The predicted molar refractivity (Wildman–Crippen MR) is 110 cm³/mol. The number of hydrogen-bond acceptors (Lipinski definition) is 5. The first kappa shape index (κ1) is 22.4. The topological polar surface area (TPSA) is 65.4 Å². The molecule has 0 fully saturated rings. The van der Waals surface area contributed by atoms with Crippen LogP contribution in [0.15, 0.2) is 35.3 Å². The fraction of sp³-hybridized carbons (Fsp3) is 0.273. The van der Waals surface area contributed by atoms with Crippen molar-refractivity contribution < 1.29 is 22.6 Å². The molecule has 0 saturated carbocycles. The second-order valence-corrected chi connectivity index (χ2v) is 7.09. The Morgan fingerprint density at radius 1 is 1.03 bits per heavy atom. The fourth-order valence-corrected chi connectivity index (χ4v) is 3.17. The average Bonchev–Trinajstić information content (AvgIpc) is 2.71. The molecule has 1 N–H and O–H groups in total. The molecule has 0 atom stereocenters. The third-order valence-corrected chi connectivity index (χ3v) is 4.75. The zero-order valence-electron chi connectivity index (χ0n) is 17.6.